The number of halogens is 1. The minimum absolute atomic E-state index is 0.162. The Morgan fingerprint density at radius 3 is 2.93 bits per heavy atom. The fourth-order valence-electron chi connectivity index (χ4n) is 1.13. The molecular formula is C11H13BrO2S. The highest BCUT2D eigenvalue weighted by atomic mass is 79.9. The maximum absolute atomic E-state index is 11.0. The van der Waals surface area contributed by atoms with Crippen molar-refractivity contribution in [2.24, 2.45) is 0 Å². The molecule has 1 unspecified atom stereocenters. The molecule has 4 heteroatoms. The minimum atomic E-state index is -0.162. The van der Waals surface area contributed by atoms with Crippen LogP contribution in [0.5, 0.6) is 0 Å². The molecule has 0 spiro atoms. The van der Waals surface area contributed by atoms with E-state index in [1.807, 2.05) is 31.2 Å². The van der Waals surface area contributed by atoms with Gasteiger partial charge in [-0.05, 0) is 18.2 Å². The molecule has 1 aromatic rings. The molecule has 1 rings (SSSR count). The quantitative estimate of drug-likeness (QED) is 0.627. The summed E-state index contributed by atoms with van der Waals surface area (Å²) in [5.41, 5.74) is 0. The number of hydrogen-bond donors (Lipinski definition) is 0. The monoisotopic (exact) mass is 288 g/mol. The SMILES string of the molecule is COC(=O)CC(C)Sc1cccc(Br)c1. The van der Waals surface area contributed by atoms with Gasteiger partial charge >= 0.3 is 5.97 Å². The van der Waals surface area contributed by atoms with E-state index in [1.54, 1.807) is 11.8 Å². The van der Waals surface area contributed by atoms with Crippen molar-refractivity contribution >= 4 is 33.7 Å². The number of carbonyl (C=O) groups excluding carboxylic acids is 1. The van der Waals surface area contributed by atoms with Gasteiger partial charge in [-0.2, -0.15) is 0 Å². The summed E-state index contributed by atoms with van der Waals surface area (Å²) in [6.45, 7) is 2.02. The lowest BCUT2D eigenvalue weighted by Crippen LogP contribution is -2.08. The van der Waals surface area contributed by atoms with Gasteiger partial charge in [-0.25, -0.2) is 0 Å². The Kier molecular flexibility index (Phi) is 5.19. The maximum atomic E-state index is 11.0. The summed E-state index contributed by atoms with van der Waals surface area (Å²) in [5, 5.41) is 0.228. The van der Waals surface area contributed by atoms with Gasteiger partial charge in [-0.3, -0.25) is 4.79 Å². The number of rotatable bonds is 4. The molecule has 0 aliphatic rings. The van der Waals surface area contributed by atoms with E-state index >= 15 is 0 Å². The Balaban J connectivity index is 2.51. The first-order chi connectivity index (χ1) is 7.11. The second-order valence-electron chi connectivity index (χ2n) is 3.17. The Bertz CT molecular complexity index is 341. The molecule has 2 nitrogen and oxygen atoms in total. The maximum Gasteiger partial charge on any atom is 0.306 e. The number of hydrogen-bond acceptors (Lipinski definition) is 3. The topological polar surface area (TPSA) is 26.3 Å². The number of benzene rings is 1. The van der Waals surface area contributed by atoms with E-state index in [9.17, 15) is 4.79 Å². The molecule has 0 radical (unpaired) electrons. The third-order valence-corrected chi connectivity index (χ3v) is 3.40. The van der Waals surface area contributed by atoms with Gasteiger partial charge < -0.3 is 4.74 Å². The van der Waals surface area contributed by atoms with Gasteiger partial charge in [0.25, 0.3) is 0 Å². The first-order valence-corrected chi connectivity index (χ1v) is 6.28. The molecule has 0 N–H and O–H groups in total. The van der Waals surface area contributed by atoms with Crippen LogP contribution in [-0.2, 0) is 9.53 Å². The zero-order valence-corrected chi connectivity index (χ0v) is 11.1. The number of carbonyl (C=O) groups is 1. The highest BCUT2D eigenvalue weighted by Gasteiger charge is 2.10. The lowest BCUT2D eigenvalue weighted by Gasteiger charge is -2.09. The molecule has 1 aromatic carbocycles. The molecule has 0 heterocycles. The van der Waals surface area contributed by atoms with Gasteiger partial charge in [-0.15, -0.1) is 11.8 Å². The molecule has 15 heavy (non-hydrogen) atoms. The Morgan fingerprint density at radius 2 is 2.33 bits per heavy atom. The summed E-state index contributed by atoms with van der Waals surface area (Å²) >= 11 is 5.08. The van der Waals surface area contributed by atoms with E-state index in [-0.39, 0.29) is 11.2 Å². The van der Waals surface area contributed by atoms with Gasteiger partial charge in [0.2, 0.25) is 0 Å². The highest BCUT2D eigenvalue weighted by Crippen LogP contribution is 2.27. The summed E-state index contributed by atoms with van der Waals surface area (Å²) in [6.07, 6.45) is 0.438. The zero-order valence-electron chi connectivity index (χ0n) is 8.70. The summed E-state index contributed by atoms with van der Waals surface area (Å²) in [7, 11) is 1.42. The van der Waals surface area contributed by atoms with E-state index in [0.29, 0.717) is 6.42 Å². The molecule has 0 bridgehead atoms. The molecule has 0 fully saturated rings. The third-order valence-electron chi connectivity index (χ3n) is 1.82. The average molecular weight is 289 g/mol. The first kappa shape index (κ1) is 12.6. The van der Waals surface area contributed by atoms with Gasteiger partial charge in [0, 0.05) is 14.6 Å². The second-order valence-corrected chi connectivity index (χ2v) is 5.59. The number of methoxy groups -OCH3 is 1. The standard InChI is InChI=1S/C11H13BrO2S/c1-8(6-11(13)14-2)15-10-5-3-4-9(12)7-10/h3-5,7-8H,6H2,1-2H3. The molecule has 0 aliphatic carbocycles. The molecule has 0 amide bonds. The van der Waals surface area contributed by atoms with Crippen LogP contribution in [0, 0.1) is 0 Å². The van der Waals surface area contributed by atoms with Crippen LogP contribution in [-0.4, -0.2) is 18.3 Å². The van der Waals surface area contributed by atoms with E-state index in [4.69, 9.17) is 0 Å². The van der Waals surface area contributed by atoms with Crippen molar-refractivity contribution in [3.05, 3.63) is 28.7 Å². The smallest absolute Gasteiger partial charge is 0.306 e. The average Bonchev–Trinajstić information content (AvgIpc) is 2.17. The molecule has 82 valence electrons. The molecular weight excluding hydrogens is 276 g/mol. The lowest BCUT2D eigenvalue weighted by molar-refractivity contribution is -0.140. The van der Waals surface area contributed by atoms with Crippen LogP contribution in [0.1, 0.15) is 13.3 Å². The molecule has 0 saturated carbocycles. The minimum Gasteiger partial charge on any atom is -0.469 e. The van der Waals surface area contributed by atoms with E-state index in [1.165, 1.54) is 7.11 Å². The summed E-state index contributed by atoms with van der Waals surface area (Å²) < 4.78 is 5.67. The molecule has 1 atom stereocenters. The highest BCUT2D eigenvalue weighted by molar-refractivity contribution is 9.10. The Labute approximate surface area is 103 Å². The number of esters is 1. The van der Waals surface area contributed by atoms with Crippen molar-refractivity contribution in [3.8, 4) is 0 Å². The number of ether oxygens (including phenoxy) is 1. The predicted octanol–water partition coefficient (Wildman–Crippen LogP) is 3.49. The van der Waals surface area contributed by atoms with Gasteiger partial charge in [0.1, 0.15) is 0 Å². The van der Waals surface area contributed by atoms with Crippen LogP contribution in [0.4, 0.5) is 0 Å². The Morgan fingerprint density at radius 1 is 1.60 bits per heavy atom. The van der Waals surface area contributed by atoms with Crippen LogP contribution >= 0.6 is 27.7 Å². The predicted molar refractivity (Wildman–Crippen MR) is 66.1 cm³/mol. The van der Waals surface area contributed by atoms with Crippen molar-refractivity contribution < 1.29 is 9.53 Å². The van der Waals surface area contributed by atoms with Crippen molar-refractivity contribution in [3.63, 3.8) is 0 Å². The van der Waals surface area contributed by atoms with Crippen LogP contribution in [0.25, 0.3) is 0 Å². The van der Waals surface area contributed by atoms with Crippen molar-refractivity contribution in [2.75, 3.05) is 7.11 Å². The van der Waals surface area contributed by atoms with Crippen LogP contribution < -0.4 is 0 Å². The van der Waals surface area contributed by atoms with E-state index in [0.717, 1.165) is 9.37 Å². The van der Waals surface area contributed by atoms with Crippen LogP contribution in [0.2, 0.25) is 0 Å². The van der Waals surface area contributed by atoms with Gasteiger partial charge in [0.15, 0.2) is 0 Å². The second kappa shape index (κ2) is 6.18. The molecule has 0 aromatic heterocycles. The normalized spacial score (nSPS) is 12.2. The van der Waals surface area contributed by atoms with Crippen LogP contribution in [0.15, 0.2) is 33.6 Å². The summed E-state index contributed by atoms with van der Waals surface area (Å²) in [5.74, 6) is -0.162. The zero-order chi connectivity index (χ0) is 11.3. The summed E-state index contributed by atoms with van der Waals surface area (Å²) in [4.78, 5) is 12.2. The summed E-state index contributed by atoms with van der Waals surface area (Å²) in [6, 6.07) is 8.04. The fourth-order valence-corrected chi connectivity index (χ4v) is 2.72. The molecule has 0 aliphatic heterocycles. The largest absolute Gasteiger partial charge is 0.469 e. The lowest BCUT2D eigenvalue weighted by atomic mass is 10.3. The van der Waals surface area contributed by atoms with Crippen molar-refractivity contribution in [2.45, 2.75) is 23.5 Å². The van der Waals surface area contributed by atoms with Gasteiger partial charge in [-0.1, -0.05) is 28.9 Å². The van der Waals surface area contributed by atoms with Crippen molar-refractivity contribution in [1.29, 1.82) is 0 Å². The van der Waals surface area contributed by atoms with E-state index in [2.05, 4.69) is 20.7 Å². The number of thioether (sulfide) groups is 1. The van der Waals surface area contributed by atoms with Gasteiger partial charge in [0.05, 0.1) is 13.5 Å². The van der Waals surface area contributed by atoms with Crippen molar-refractivity contribution in [1.82, 2.24) is 0 Å². The Hall–Kier alpha value is -0.480. The molecule has 0 saturated heterocycles. The third kappa shape index (κ3) is 4.71. The van der Waals surface area contributed by atoms with Crippen LogP contribution in [0.3, 0.4) is 0 Å². The fraction of sp³-hybridized carbons (Fsp3) is 0.364. The first-order valence-electron chi connectivity index (χ1n) is 4.61. The van der Waals surface area contributed by atoms with E-state index < -0.39 is 0 Å².